The lowest BCUT2D eigenvalue weighted by Crippen LogP contribution is -2.40. The number of carbonyl (C=O) groups excluding carboxylic acids is 1. The van der Waals surface area contributed by atoms with Crippen molar-refractivity contribution in [1.29, 1.82) is 0 Å². The van der Waals surface area contributed by atoms with Crippen molar-refractivity contribution in [3.05, 3.63) is 32.6 Å². The summed E-state index contributed by atoms with van der Waals surface area (Å²) in [6.07, 6.45) is 0.857. The molecule has 0 radical (unpaired) electrons. The van der Waals surface area contributed by atoms with Crippen molar-refractivity contribution in [2.75, 3.05) is 20.2 Å². The van der Waals surface area contributed by atoms with Crippen molar-refractivity contribution in [1.82, 2.24) is 14.0 Å². The molecule has 0 amide bonds. The summed E-state index contributed by atoms with van der Waals surface area (Å²) in [5.74, 6) is -0.340. The number of carbonyl (C=O) groups is 1. The SMILES string of the molecule is CCCN(CC(=O)OC)Cc1cc(=O)n(C)c(=O)n1C. The van der Waals surface area contributed by atoms with Gasteiger partial charge in [-0.25, -0.2) is 4.79 Å². The molecule has 20 heavy (non-hydrogen) atoms. The van der Waals surface area contributed by atoms with Gasteiger partial charge in [0.1, 0.15) is 0 Å². The van der Waals surface area contributed by atoms with Crippen LogP contribution >= 0.6 is 0 Å². The van der Waals surface area contributed by atoms with E-state index in [-0.39, 0.29) is 23.8 Å². The Bertz CT molecular complexity index is 588. The van der Waals surface area contributed by atoms with Crippen LogP contribution in [-0.2, 0) is 30.2 Å². The van der Waals surface area contributed by atoms with Gasteiger partial charge in [-0.1, -0.05) is 6.92 Å². The Kier molecular flexibility index (Phi) is 5.69. The van der Waals surface area contributed by atoms with Gasteiger partial charge in [-0.2, -0.15) is 0 Å². The first-order valence-corrected chi connectivity index (χ1v) is 6.45. The zero-order chi connectivity index (χ0) is 15.3. The van der Waals surface area contributed by atoms with Crippen LogP contribution in [0.3, 0.4) is 0 Å². The quantitative estimate of drug-likeness (QED) is 0.656. The predicted octanol–water partition coefficient (Wildman–Crippen LogP) is -0.531. The summed E-state index contributed by atoms with van der Waals surface area (Å²) in [5.41, 5.74) is -0.143. The summed E-state index contributed by atoms with van der Waals surface area (Å²) >= 11 is 0. The third-order valence-corrected chi connectivity index (χ3v) is 3.13. The molecule has 1 aromatic heterocycles. The van der Waals surface area contributed by atoms with Gasteiger partial charge in [0.15, 0.2) is 0 Å². The van der Waals surface area contributed by atoms with E-state index in [4.69, 9.17) is 0 Å². The van der Waals surface area contributed by atoms with Crippen LogP contribution in [0.4, 0.5) is 0 Å². The number of aromatic nitrogens is 2. The second-order valence-corrected chi connectivity index (χ2v) is 4.66. The number of nitrogens with zero attached hydrogens (tertiary/aromatic N) is 3. The highest BCUT2D eigenvalue weighted by Gasteiger charge is 2.14. The fourth-order valence-electron chi connectivity index (χ4n) is 1.94. The van der Waals surface area contributed by atoms with Gasteiger partial charge in [0.25, 0.3) is 5.56 Å². The van der Waals surface area contributed by atoms with Gasteiger partial charge in [-0.15, -0.1) is 0 Å². The molecular weight excluding hydrogens is 262 g/mol. The summed E-state index contributed by atoms with van der Waals surface area (Å²) in [6.45, 7) is 3.16. The molecule has 0 saturated carbocycles. The Morgan fingerprint density at radius 2 is 1.95 bits per heavy atom. The van der Waals surface area contributed by atoms with Gasteiger partial charge >= 0.3 is 11.7 Å². The van der Waals surface area contributed by atoms with E-state index in [1.807, 2.05) is 11.8 Å². The molecule has 0 spiro atoms. The van der Waals surface area contributed by atoms with Gasteiger partial charge in [0.2, 0.25) is 0 Å². The summed E-state index contributed by atoms with van der Waals surface area (Å²) in [7, 11) is 4.38. The third kappa shape index (κ3) is 3.80. The third-order valence-electron chi connectivity index (χ3n) is 3.13. The van der Waals surface area contributed by atoms with Gasteiger partial charge in [-0.05, 0) is 13.0 Å². The second kappa shape index (κ2) is 7.04. The lowest BCUT2D eigenvalue weighted by atomic mass is 10.3. The minimum atomic E-state index is -0.373. The van der Waals surface area contributed by atoms with Crippen LogP contribution in [0.5, 0.6) is 0 Å². The van der Waals surface area contributed by atoms with Crippen LogP contribution in [0.15, 0.2) is 15.7 Å². The fraction of sp³-hybridized carbons (Fsp3) is 0.615. The predicted molar refractivity (Wildman–Crippen MR) is 74.5 cm³/mol. The maximum atomic E-state index is 11.8. The van der Waals surface area contributed by atoms with Gasteiger partial charge < -0.3 is 4.74 Å². The topological polar surface area (TPSA) is 73.5 Å². The number of ether oxygens (including phenoxy) is 1. The first-order chi connectivity index (χ1) is 9.40. The van der Waals surface area contributed by atoms with Gasteiger partial charge in [-0.3, -0.25) is 23.6 Å². The van der Waals surface area contributed by atoms with Gasteiger partial charge in [0.05, 0.1) is 13.7 Å². The molecule has 0 aliphatic rings. The maximum absolute atomic E-state index is 11.8. The summed E-state index contributed by atoms with van der Waals surface area (Å²) < 4.78 is 7.11. The van der Waals surface area contributed by atoms with Crippen LogP contribution in [0.1, 0.15) is 19.0 Å². The molecule has 0 bridgehead atoms. The average Bonchev–Trinajstić information content (AvgIpc) is 2.42. The standard InChI is InChI=1S/C13H21N3O4/c1-5-6-16(9-12(18)20-4)8-10-7-11(17)15(3)13(19)14(10)2/h7H,5-6,8-9H2,1-4H3. The van der Waals surface area contributed by atoms with E-state index >= 15 is 0 Å². The molecule has 0 aliphatic carbocycles. The molecule has 0 aromatic carbocycles. The van der Waals surface area contributed by atoms with E-state index < -0.39 is 0 Å². The molecular formula is C13H21N3O4. The molecule has 0 aliphatic heterocycles. The average molecular weight is 283 g/mol. The molecule has 1 rings (SSSR count). The molecule has 0 atom stereocenters. The number of hydrogen-bond donors (Lipinski definition) is 0. The van der Waals surface area contributed by atoms with Crippen molar-refractivity contribution in [3.63, 3.8) is 0 Å². The Labute approximate surface area is 117 Å². The van der Waals surface area contributed by atoms with Crippen molar-refractivity contribution < 1.29 is 9.53 Å². The smallest absolute Gasteiger partial charge is 0.330 e. The first-order valence-electron chi connectivity index (χ1n) is 6.45. The molecule has 7 nitrogen and oxygen atoms in total. The van der Waals surface area contributed by atoms with Crippen LogP contribution in [0, 0.1) is 0 Å². The Morgan fingerprint density at radius 3 is 2.50 bits per heavy atom. The van der Waals surface area contributed by atoms with Crippen molar-refractivity contribution >= 4 is 5.97 Å². The first kappa shape index (κ1) is 16.2. The Balaban J connectivity index is 3.02. The normalized spacial score (nSPS) is 10.8. The molecule has 0 N–H and O–H groups in total. The van der Waals surface area contributed by atoms with Crippen LogP contribution in [-0.4, -0.2) is 40.2 Å². The molecule has 112 valence electrons. The largest absolute Gasteiger partial charge is 0.468 e. The van der Waals surface area contributed by atoms with Gasteiger partial charge in [0, 0.05) is 32.4 Å². The monoisotopic (exact) mass is 283 g/mol. The van der Waals surface area contributed by atoms with E-state index in [1.165, 1.54) is 24.8 Å². The summed E-state index contributed by atoms with van der Waals surface area (Å²) in [6, 6.07) is 1.42. The summed E-state index contributed by atoms with van der Waals surface area (Å²) in [4.78, 5) is 36.7. The highest BCUT2D eigenvalue weighted by molar-refractivity contribution is 5.71. The van der Waals surface area contributed by atoms with Crippen LogP contribution in [0.25, 0.3) is 0 Å². The number of rotatable bonds is 6. The summed E-state index contributed by atoms with van der Waals surface area (Å²) in [5, 5.41) is 0. The minimum Gasteiger partial charge on any atom is -0.468 e. The van der Waals surface area contributed by atoms with E-state index in [2.05, 4.69) is 4.74 Å². The van der Waals surface area contributed by atoms with Crippen molar-refractivity contribution in [2.24, 2.45) is 14.1 Å². The van der Waals surface area contributed by atoms with E-state index in [1.54, 1.807) is 7.05 Å². The van der Waals surface area contributed by atoms with E-state index in [0.29, 0.717) is 18.8 Å². The Morgan fingerprint density at radius 1 is 1.30 bits per heavy atom. The number of esters is 1. The fourth-order valence-corrected chi connectivity index (χ4v) is 1.94. The lowest BCUT2D eigenvalue weighted by Gasteiger charge is -2.21. The number of hydrogen-bond acceptors (Lipinski definition) is 5. The van der Waals surface area contributed by atoms with E-state index in [9.17, 15) is 14.4 Å². The minimum absolute atomic E-state index is 0.133. The van der Waals surface area contributed by atoms with Crippen molar-refractivity contribution in [3.8, 4) is 0 Å². The highest BCUT2D eigenvalue weighted by Crippen LogP contribution is 2.01. The molecule has 1 heterocycles. The molecule has 7 heteroatoms. The van der Waals surface area contributed by atoms with Crippen LogP contribution in [0.2, 0.25) is 0 Å². The van der Waals surface area contributed by atoms with E-state index in [0.717, 1.165) is 11.0 Å². The highest BCUT2D eigenvalue weighted by atomic mass is 16.5. The number of methoxy groups -OCH3 is 1. The Hall–Kier alpha value is -1.89. The van der Waals surface area contributed by atoms with Crippen LogP contribution < -0.4 is 11.2 Å². The molecule has 0 unspecified atom stereocenters. The maximum Gasteiger partial charge on any atom is 0.330 e. The van der Waals surface area contributed by atoms with Crippen molar-refractivity contribution in [2.45, 2.75) is 19.9 Å². The second-order valence-electron chi connectivity index (χ2n) is 4.66. The lowest BCUT2D eigenvalue weighted by molar-refractivity contribution is -0.142. The molecule has 0 fully saturated rings. The molecule has 1 aromatic rings. The molecule has 0 saturated heterocycles. The zero-order valence-electron chi connectivity index (χ0n) is 12.4. The zero-order valence-corrected chi connectivity index (χ0v) is 12.4.